The Kier molecular flexibility index (Phi) is 3.72. The largest absolute Gasteiger partial charge is 0.388 e. The average Bonchev–Trinajstić information content (AvgIpc) is 2.72. The number of aromatic nitrogens is 2. The number of aliphatic hydroxyl groups is 1. The molecule has 2 aromatic rings. The maximum Gasteiger partial charge on any atom is 0.131 e. The van der Waals surface area contributed by atoms with E-state index in [-0.39, 0.29) is 12.0 Å². The lowest BCUT2D eigenvalue weighted by Gasteiger charge is -2.12. The van der Waals surface area contributed by atoms with E-state index in [0.717, 1.165) is 17.8 Å². The van der Waals surface area contributed by atoms with Crippen LogP contribution in [0.1, 0.15) is 23.8 Å². The van der Waals surface area contributed by atoms with Gasteiger partial charge in [0.05, 0.1) is 11.7 Å². The second-order valence-electron chi connectivity index (χ2n) is 4.14. The van der Waals surface area contributed by atoms with Crippen molar-refractivity contribution >= 4 is 0 Å². The van der Waals surface area contributed by atoms with E-state index in [1.807, 2.05) is 6.07 Å². The van der Waals surface area contributed by atoms with Crippen LogP contribution in [-0.4, -0.2) is 14.9 Å². The number of aliphatic hydroxyl groups excluding tert-OH is 1. The molecule has 0 aliphatic rings. The van der Waals surface area contributed by atoms with Gasteiger partial charge in [-0.3, -0.25) is 4.68 Å². The summed E-state index contributed by atoms with van der Waals surface area (Å²) in [4.78, 5) is 0. The van der Waals surface area contributed by atoms with Crippen LogP contribution in [0.4, 0.5) is 8.78 Å². The summed E-state index contributed by atoms with van der Waals surface area (Å²) in [6.45, 7) is 0. The van der Waals surface area contributed by atoms with Crippen LogP contribution in [0.15, 0.2) is 30.5 Å². The smallest absolute Gasteiger partial charge is 0.131 e. The summed E-state index contributed by atoms with van der Waals surface area (Å²) in [5, 5.41) is 13.9. The first-order chi connectivity index (χ1) is 8.59. The van der Waals surface area contributed by atoms with E-state index < -0.39 is 17.7 Å². The molecule has 1 unspecified atom stereocenters. The summed E-state index contributed by atoms with van der Waals surface area (Å²) in [5.41, 5.74) is 0.644. The lowest BCUT2D eigenvalue weighted by molar-refractivity contribution is 0.157. The molecule has 0 aliphatic carbocycles. The molecule has 1 heterocycles. The minimum atomic E-state index is -1.15. The van der Waals surface area contributed by atoms with E-state index in [9.17, 15) is 13.9 Å². The molecule has 5 heteroatoms. The second kappa shape index (κ2) is 5.27. The van der Waals surface area contributed by atoms with Crippen LogP contribution in [0.2, 0.25) is 0 Å². The summed E-state index contributed by atoms with van der Waals surface area (Å²) >= 11 is 0. The van der Waals surface area contributed by atoms with Crippen LogP contribution >= 0.6 is 0 Å². The maximum atomic E-state index is 13.4. The number of halogens is 2. The van der Waals surface area contributed by atoms with Gasteiger partial charge in [-0.2, -0.15) is 5.10 Å². The first kappa shape index (κ1) is 12.7. The number of hydrogen-bond donors (Lipinski definition) is 1. The van der Waals surface area contributed by atoms with Crippen molar-refractivity contribution < 1.29 is 13.9 Å². The molecule has 0 aliphatic heterocycles. The highest BCUT2D eigenvalue weighted by Gasteiger charge is 2.17. The molecule has 1 N–H and O–H groups in total. The van der Waals surface area contributed by atoms with E-state index in [1.165, 1.54) is 6.07 Å². The van der Waals surface area contributed by atoms with Gasteiger partial charge in [-0.1, -0.05) is 6.07 Å². The molecule has 18 heavy (non-hydrogen) atoms. The van der Waals surface area contributed by atoms with Gasteiger partial charge in [-0.05, 0) is 31.0 Å². The Morgan fingerprint density at radius 1 is 1.28 bits per heavy atom. The molecule has 0 radical (unpaired) electrons. The van der Waals surface area contributed by atoms with Crippen LogP contribution in [0, 0.1) is 11.6 Å². The van der Waals surface area contributed by atoms with Gasteiger partial charge in [0.25, 0.3) is 0 Å². The number of aryl methyl sites for hydroxylation is 2. The maximum absolute atomic E-state index is 13.4. The average molecular weight is 252 g/mol. The standard InChI is InChI=1S/C13H14F2N2O/c1-17-9(7-8-16-17)5-6-12(18)13-10(14)3-2-4-11(13)15/h2-4,7-8,12,18H,5-6H2,1H3. The molecule has 1 aromatic heterocycles. The van der Waals surface area contributed by atoms with Crippen molar-refractivity contribution in [1.29, 1.82) is 0 Å². The van der Waals surface area contributed by atoms with E-state index in [1.54, 1.807) is 17.9 Å². The van der Waals surface area contributed by atoms with Crippen molar-refractivity contribution in [3.63, 3.8) is 0 Å². The molecule has 0 fully saturated rings. The Bertz CT molecular complexity index is 519. The summed E-state index contributed by atoms with van der Waals surface area (Å²) in [7, 11) is 1.78. The van der Waals surface area contributed by atoms with Crippen LogP contribution in [0.3, 0.4) is 0 Å². The molecule has 0 saturated carbocycles. The summed E-state index contributed by atoms with van der Waals surface area (Å²) in [6.07, 6.45) is 1.25. The topological polar surface area (TPSA) is 38.0 Å². The first-order valence-electron chi connectivity index (χ1n) is 5.68. The van der Waals surface area contributed by atoms with Gasteiger partial charge in [0.2, 0.25) is 0 Å². The zero-order chi connectivity index (χ0) is 13.1. The Balaban J connectivity index is 2.08. The third-order valence-electron chi connectivity index (χ3n) is 2.93. The van der Waals surface area contributed by atoms with Crippen molar-refractivity contribution in [1.82, 2.24) is 9.78 Å². The number of rotatable bonds is 4. The zero-order valence-corrected chi connectivity index (χ0v) is 9.98. The molecule has 0 bridgehead atoms. The molecular weight excluding hydrogens is 238 g/mol. The zero-order valence-electron chi connectivity index (χ0n) is 9.98. The van der Waals surface area contributed by atoms with Gasteiger partial charge in [0.1, 0.15) is 11.6 Å². The lowest BCUT2D eigenvalue weighted by atomic mass is 10.0. The second-order valence-corrected chi connectivity index (χ2v) is 4.14. The summed E-state index contributed by atoms with van der Waals surface area (Å²) in [5.74, 6) is -1.43. The molecular formula is C13H14F2N2O. The van der Waals surface area contributed by atoms with Crippen molar-refractivity contribution in [3.05, 3.63) is 53.4 Å². The summed E-state index contributed by atoms with van der Waals surface area (Å²) in [6, 6.07) is 5.38. The fourth-order valence-corrected chi connectivity index (χ4v) is 1.90. The Labute approximate surface area is 104 Å². The third-order valence-corrected chi connectivity index (χ3v) is 2.93. The Hall–Kier alpha value is -1.75. The van der Waals surface area contributed by atoms with Gasteiger partial charge in [0, 0.05) is 18.9 Å². The van der Waals surface area contributed by atoms with E-state index in [0.29, 0.717) is 6.42 Å². The van der Waals surface area contributed by atoms with Crippen LogP contribution in [-0.2, 0) is 13.5 Å². The Morgan fingerprint density at radius 3 is 2.50 bits per heavy atom. The highest BCUT2D eigenvalue weighted by Crippen LogP contribution is 2.24. The van der Waals surface area contributed by atoms with Crippen molar-refractivity contribution in [3.8, 4) is 0 Å². The highest BCUT2D eigenvalue weighted by atomic mass is 19.1. The highest BCUT2D eigenvalue weighted by molar-refractivity contribution is 5.22. The van der Waals surface area contributed by atoms with E-state index >= 15 is 0 Å². The van der Waals surface area contributed by atoms with E-state index in [2.05, 4.69) is 5.10 Å². The van der Waals surface area contributed by atoms with Crippen molar-refractivity contribution in [2.24, 2.45) is 7.05 Å². The predicted molar refractivity (Wildman–Crippen MR) is 62.8 cm³/mol. The summed E-state index contributed by atoms with van der Waals surface area (Å²) < 4.78 is 28.5. The number of nitrogens with zero attached hydrogens (tertiary/aromatic N) is 2. The molecule has 2 rings (SSSR count). The normalized spacial score (nSPS) is 12.7. The van der Waals surface area contributed by atoms with Gasteiger partial charge < -0.3 is 5.11 Å². The number of hydrogen-bond acceptors (Lipinski definition) is 2. The molecule has 1 aromatic carbocycles. The van der Waals surface area contributed by atoms with Crippen molar-refractivity contribution in [2.45, 2.75) is 18.9 Å². The quantitative estimate of drug-likeness (QED) is 0.907. The molecule has 0 saturated heterocycles. The monoisotopic (exact) mass is 252 g/mol. The van der Waals surface area contributed by atoms with Crippen LogP contribution in [0.25, 0.3) is 0 Å². The first-order valence-corrected chi connectivity index (χ1v) is 5.68. The fourth-order valence-electron chi connectivity index (χ4n) is 1.90. The SMILES string of the molecule is Cn1nccc1CCC(O)c1c(F)cccc1F. The van der Waals surface area contributed by atoms with E-state index in [4.69, 9.17) is 0 Å². The van der Waals surface area contributed by atoms with Crippen molar-refractivity contribution in [2.75, 3.05) is 0 Å². The molecule has 1 atom stereocenters. The molecule has 96 valence electrons. The van der Waals surface area contributed by atoms with Gasteiger partial charge in [0.15, 0.2) is 0 Å². The fraction of sp³-hybridized carbons (Fsp3) is 0.308. The van der Waals surface area contributed by atoms with Gasteiger partial charge in [-0.25, -0.2) is 8.78 Å². The molecule has 3 nitrogen and oxygen atoms in total. The number of benzene rings is 1. The lowest BCUT2D eigenvalue weighted by Crippen LogP contribution is -2.07. The molecule has 0 amide bonds. The molecule has 0 spiro atoms. The van der Waals surface area contributed by atoms with Crippen LogP contribution < -0.4 is 0 Å². The third kappa shape index (κ3) is 2.56. The van der Waals surface area contributed by atoms with Gasteiger partial charge >= 0.3 is 0 Å². The Morgan fingerprint density at radius 2 is 1.94 bits per heavy atom. The minimum absolute atomic E-state index is 0.247. The van der Waals surface area contributed by atoms with Crippen LogP contribution in [0.5, 0.6) is 0 Å². The van der Waals surface area contributed by atoms with Gasteiger partial charge in [-0.15, -0.1) is 0 Å². The predicted octanol–water partition coefficient (Wildman–Crippen LogP) is 2.36. The minimum Gasteiger partial charge on any atom is -0.388 e.